The molecular formula is C21H23N3O5. The Labute approximate surface area is 167 Å². The van der Waals surface area contributed by atoms with E-state index >= 15 is 0 Å². The number of methoxy groups -OCH3 is 1. The lowest BCUT2D eigenvalue weighted by molar-refractivity contribution is -0.145. The number of ether oxygens (including phenoxy) is 1. The zero-order valence-corrected chi connectivity index (χ0v) is 16.4. The van der Waals surface area contributed by atoms with Crippen molar-refractivity contribution in [3.8, 4) is 0 Å². The van der Waals surface area contributed by atoms with Gasteiger partial charge in [-0.2, -0.15) is 0 Å². The number of imide groups is 1. The molecule has 2 aromatic rings. The molecule has 1 aromatic carbocycles. The van der Waals surface area contributed by atoms with Crippen molar-refractivity contribution in [3.63, 3.8) is 0 Å². The first kappa shape index (κ1) is 19.2. The molecular weight excluding hydrogens is 374 g/mol. The quantitative estimate of drug-likeness (QED) is 0.627. The number of hydrogen-bond acceptors (Lipinski definition) is 5. The van der Waals surface area contributed by atoms with Crippen molar-refractivity contribution in [1.82, 2.24) is 14.5 Å². The Hall–Kier alpha value is -3.16. The van der Waals surface area contributed by atoms with Crippen LogP contribution in [0.1, 0.15) is 43.7 Å². The fourth-order valence-corrected chi connectivity index (χ4v) is 4.27. The topological polar surface area (TPSA) is 99.4 Å². The average molecular weight is 397 g/mol. The maximum Gasteiger partial charge on any atom is 0.329 e. The highest BCUT2D eigenvalue weighted by molar-refractivity contribution is 6.00. The van der Waals surface area contributed by atoms with Gasteiger partial charge in [0.1, 0.15) is 6.04 Å². The molecule has 2 aliphatic rings. The minimum Gasteiger partial charge on any atom is -0.469 e. The van der Waals surface area contributed by atoms with E-state index < -0.39 is 11.9 Å². The monoisotopic (exact) mass is 397 g/mol. The number of hydrogen-bond donors (Lipinski definition) is 1. The van der Waals surface area contributed by atoms with Crippen LogP contribution in [0.25, 0.3) is 16.6 Å². The number of allylic oxidation sites excluding steroid dienone is 2. The predicted molar refractivity (Wildman–Crippen MR) is 106 cm³/mol. The number of imidazole rings is 1. The third-order valence-corrected chi connectivity index (χ3v) is 5.93. The Kier molecular flexibility index (Phi) is 4.86. The average Bonchev–Trinajstić information content (AvgIpc) is 2.98. The zero-order valence-electron chi connectivity index (χ0n) is 16.4. The number of carbonyl (C=O) groups is 3. The maximum absolute atomic E-state index is 12.8. The first-order valence-electron chi connectivity index (χ1n) is 9.72. The van der Waals surface area contributed by atoms with Crippen molar-refractivity contribution in [2.24, 2.45) is 13.0 Å². The number of aryl methyl sites for hydroxylation is 1. The minimum atomic E-state index is -0.690. The summed E-state index contributed by atoms with van der Waals surface area (Å²) in [6.45, 7) is 0. The molecule has 1 aromatic heterocycles. The highest BCUT2D eigenvalue weighted by Gasteiger charge is 2.31. The molecule has 0 radical (unpaired) electrons. The SMILES string of the molecule is COC(=O)C1CC=C(c2ccc3c(c2)n(C)c(=O)n3C2CCC(=O)NC2=O)CC1. The van der Waals surface area contributed by atoms with Gasteiger partial charge in [0.25, 0.3) is 0 Å². The van der Waals surface area contributed by atoms with E-state index in [1.54, 1.807) is 7.05 Å². The van der Waals surface area contributed by atoms with Gasteiger partial charge in [-0.05, 0) is 49.0 Å². The molecule has 0 spiro atoms. The number of benzene rings is 1. The van der Waals surface area contributed by atoms with E-state index in [-0.39, 0.29) is 29.9 Å². The first-order valence-corrected chi connectivity index (χ1v) is 9.72. The second-order valence-electron chi connectivity index (χ2n) is 7.61. The summed E-state index contributed by atoms with van der Waals surface area (Å²) in [6, 6.07) is 5.05. The molecule has 1 fully saturated rings. The lowest BCUT2D eigenvalue weighted by Gasteiger charge is -2.22. The Morgan fingerprint density at radius 1 is 1.14 bits per heavy atom. The summed E-state index contributed by atoms with van der Waals surface area (Å²) < 4.78 is 7.84. The Bertz CT molecular complexity index is 1110. The molecule has 2 amide bonds. The van der Waals surface area contributed by atoms with E-state index in [9.17, 15) is 19.2 Å². The lowest BCUT2D eigenvalue weighted by Crippen LogP contribution is -2.44. The van der Waals surface area contributed by atoms with Gasteiger partial charge in [-0.3, -0.25) is 28.8 Å². The number of amides is 2. The van der Waals surface area contributed by atoms with Crippen LogP contribution in [0, 0.1) is 5.92 Å². The number of rotatable bonds is 3. The number of piperidine rings is 1. The molecule has 29 heavy (non-hydrogen) atoms. The van der Waals surface area contributed by atoms with Crippen LogP contribution >= 0.6 is 0 Å². The molecule has 1 aliphatic carbocycles. The van der Waals surface area contributed by atoms with Gasteiger partial charge in [0.15, 0.2) is 0 Å². The Balaban J connectivity index is 1.70. The molecule has 1 N–H and O–H groups in total. The lowest BCUT2D eigenvalue weighted by atomic mass is 9.86. The summed E-state index contributed by atoms with van der Waals surface area (Å²) in [5.74, 6) is -1.04. The van der Waals surface area contributed by atoms with Gasteiger partial charge in [0.2, 0.25) is 11.8 Å². The fourth-order valence-electron chi connectivity index (χ4n) is 4.27. The van der Waals surface area contributed by atoms with Crippen LogP contribution < -0.4 is 11.0 Å². The third kappa shape index (κ3) is 3.28. The van der Waals surface area contributed by atoms with Gasteiger partial charge in [-0.25, -0.2) is 4.79 Å². The highest BCUT2D eigenvalue weighted by atomic mass is 16.5. The third-order valence-electron chi connectivity index (χ3n) is 5.93. The van der Waals surface area contributed by atoms with E-state index in [1.807, 2.05) is 18.2 Å². The number of fused-ring (bicyclic) bond motifs is 1. The van der Waals surface area contributed by atoms with Gasteiger partial charge in [-0.15, -0.1) is 0 Å². The standard InChI is InChI=1S/C21H23N3O5/c1-23-17-11-14(12-3-5-13(6-4-12)20(27)29-2)7-8-15(17)24(21(23)28)16-9-10-18(25)22-19(16)26/h3,7-8,11,13,16H,4-6,9-10H2,1-2H3,(H,22,25,26). The van der Waals surface area contributed by atoms with Crippen LogP contribution in [-0.4, -0.2) is 34.0 Å². The van der Waals surface area contributed by atoms with Gasteiger partial charge < -0.3 is 4.74 Å². The molecule has 1 saturated heterocycles. The maximum atomic E-state index is 12.8. The molecule has 2 unspecified atom stereocenters. The molecule has 0 saturated carbocycles. The minimum absolute atomic E-state index is 0.106. The van der Waals surface area contributed by atoms with E-state index in [1.165, 1.54) is 16.2 Å². The van der Waals surface area contributed by atoms with Crippen molar-refractivity contribution < 1.29 is 19.1 Å². The molecule has 0 bridgehead atoms. The van der Waals surface area contributed by atoms with Crippen molar-refractivity contribution in [2.45, 2.75) is 38.1 Å². The fraction of sp³-hybridized carbons (Fsp3) is 0.429. The number of esters is 1. The van der Waals surface area contributed by atoms with Crippen molar-refractivity contribution in [3.05, 3.63) is 40.3 Å². The summed E-state index contributed by atoms with van der Waals surface area (Å²) in [5, 5.41) is 2.32. The molecule has 2 heterocycles. The summed E-state index contributed by atoms with van der Waals surface area (Å²) in [7, 11) is 3.09. The zero-order chi connectivity index (χ0) is 20.7. The molecule has 1 aliphatic heterocycles. The second-order valence-corrected chi connectivity index (χ2v) is 7.61. The molecule has 2 atom stereocenters. The molecule has 8 nitrogen and oxygen atoms in total. The van der Waals surface area contributed by atoms with E-state index in [2.05, 4.69) is 11.4 Å². The summed E-state index contributed by atoms with van der Waals surface area (Å²) in [4.78, 5) is 48.3. The number of aromatic nitrogens is 2. The van der Waals surface area contributed by atoms with Crippen LogP contribution in [0.4, 0.5) is 0 Å². The molecule has 8 heteroatoms. The van der Waals surface area contributed by atoms with Gasteiger partial charge in [0, 0.05) is 13.5 Å². The Morgan fingerprint density at radius 3 is 2.59 bits per heavy atom. The Morgan fingerprint density at radius 2 is 1.93 bits per heavy atom. The van der Waals surface area contributed by atoms with Crippen molar-refractivity contribution >= 4 is 34.4 Å². The van der Waals surface area contributed by atoms with Crippen LogP contribution in [-0.2, 0) is 26.2 Å². The van der Waals surface area contributed by atoms with E-state index in [0.29, 0.717) is 18.4 Å². The largest absolute Gasteiger partial charge is 0.469 e. The van der Waals surface area contributed by atoms with Gasteiger partial charge in [0.05, 0.1) is 24.1 Å². The van der Waals surface area contributed by atoms with Gasteiger partial charge >= 0.3 is 11.7 Å². The van der Waals surface area contributed by atoms with E-state index in [0.717, 1.165) is 29.5 Å². The first-order chi connectivity index (χ1) is 13.9. The van der Waals surface area contributed by atoms with Crippen molar-refractivity contribution in [1.29, 1.82) is 0 Å². The normalized spacial score (nSPS) is 22.3. The van der Waals surface area contributed by atoms with Crippen LogP contribution in [0.15, 0.2) is 29.1 Å². The summed E-state index contributed by atoms with van der Waals surface area (Å²) in [6.07, 6.45) is 4.70. The predicted octanol–water partition coefficient (Wildman–Crippen LogP) is 1.67. The number of carbonyl (C=O) groups excluding carboxylic acids is 3. The van der Waals surface area contributed by atoms with Crippen LogP contribution in [0.2, 0.25) is 0 Å². The van der Waals surface area contributed by atoms with E-state index in [4.69, 9.17) is 4.74 Å². The molecule has 4 rings (SSSR count). The summed E-state index contributed by atoms with van der Waals surface area (Å²) >= 11 is 0. The van der Waals surface area contributed by atoms with Gasteiger partial charge in [-0.1, -0.05) is 12.1 Å². The van der Waals surface area contributed by atoms with Crippen molar-refractivity contribution in [2.75, 3.05) is 7.11 Å². The second kappa shape index (κ2) is 7.35. The highest BCUT2D eigenvalue weighted by Crippen LogP contribution is 2.32. The number of nitrogens with one attached hydrogen (secondary N) is 1. The van der Waals surface area contributed by atoms with Crippen LogP contribution in [0.3, 0.4) is 0 Å². The smallest absolute Gasteiger partial charge is 0.329 e. The van der Waals surface area contributed by atoms with Crippen LogP contribution in [0.5, 0.6) is 0 Å². The molecule has 152 valence electrons. The summed E-state index contributed by atoms with van der Waals surface area (Å²) in [5.41, 5.74) is 3.24. The number of nitrogens with zero attached hydrogens (tertiary/aromatic N) is 2.